The number of nitrogens with zero attached hydrogens (tertiary/aromatic N) is 1. The van der Waals surface area contributed by atoms with Crippen molar-refractivity contribution in [3.63, 3.8) is 0 Å². The topological polar surface area (TPSA) is 24.9 Å². The summed E-state index contributed by atoms with van der Waals surface area (Å²) in [5.41, 5.74) is 0.331. The van der Waals surface area contributed by atoms with Crippen molar-refractivity contribution in [1.29, 1.82) is 0 Å². The highest BCUT2D eigenvalue weighted by Crippen LogP contribution is 2.26. The van der Waals surface area contributed by atoms with Crippen LogP contribution in [-0.2, 0) is 6.42 Å². The maximum absolute atomic E-state index is 4.45. The number of nitrogens with one attached hydrogen (secondary N) is 1. The van der Waals surface area contributed by atoms with Crippen LogP contribution in [0.2, 0.25) is 0 Å². The molecule has 0 amide bonds. The normalized spacial score (nSPS) is 14.4. The average Bonchev–Trinajstić information content (AvgIpc) is 2.48. The van der Waals surface area contributed by atoms with Crippen molar-refractivity contribution in [2.45, 2.75) is 40.2 Å². The van der Waals surface area contributed by atoms with Gasteiger partial charge in [-0.3, -0.25) is 0 Å². The fourth-order valence-electron chi connectivity index (χ4n) is 1.20. The van der Waals surface area contributed by atoms with Crippen LogP contribution in [0, 0.1) is 5.41 Å². The van der Waals surface area contributed by atoms with Crippen LogP contribution in [0.1, 0.15) is 43.6 Å². The van der Waals surface area contributed by atoms with Gasteiger partial charge in [-0.2, -0.15) is 0 Å². The molecule has 0 aliphatic carbocycles. The van der Waals surface area contributed by atoms with Gasteiger partial charge in [0.2, 0.25) is 0 Å². The van der Waals surface area contributed by atoms with Gasteiger partial charge in [0, 0.05) is 23.5 Å². The highest BCUT2D eigenvalue weighted by Gasteiger charge is 2.15. The summed E-state index contributed by atoms with van der Waals surface area (Å²) in [7, 11) is 1.98. The fourth-order valence-corrected chi connectivity index (χ4v) is 2.48. The summed E-state index contributed by atoms with van der Waals surface area (Å²) in [6.45, 7) is 8.90. The summed E-state index contributed by atoms with van der Waals surface area (Å²) < 4.78 is 0. The van der Waals surface area contributed by atoms with Crippen molar-refractivity contribution in [1.82, 2.24) is 10.3 Å². The largest absolute Gasteiger partial charge is 0.312 e. The van der Waals surface area contributed by atoms with E-state index in [1.165, 1.54) is 9.88 Å². The molecule has 0 saturated heterocycles. The summed E-state index contributed by atoms with van der Waals surface area (Å²) in [5, 5.41) is 4.47. The Morgan fingerprint density at radius 3 is 2.64 bits per heavy atom. The van der Waals surface area contributed by atoms with Gasteiger partial charge in [-0.1, -0.05) is 20.8 Å². The molecule has 1 unspecified atom stereocenters. The number of thiazole rings is 1. The van der Waals surface area contributed by atoms with E-state index in [1.807, 2.05) is 24.6 Å². The van der Waals surface area contributed by atoms with Crippen LogP contribution in [0.4, 0.5) is 0 Å². The molecule has 1 atom stereocenters. The van der Waals surface area contributed by atoms with Gasteiger partial charge in [0.05, 0.1) is 5.01 Å². The van der Waals surface area contributed by atoms with E-state index in [2.05, 4.69) is 38.0 Å². The second-order valence-electron chi connectivity index (χ2n) is 4.90. The highest BCUT2D eigenvalue weighted by molar-refractivity contribution is 7.11. The van der Waals surface area contributed by atoms with Gasteiger partial charge in [0.25, 0.3) is 0 Å². The molecule has 1 N–H and O–H groups in total. The molecule has 1 heterocycles. The van der Waals surface area contributed by atoms with Crippen molar-refractivity contribution >= 4 is 11.3 Å². The van der Waals surface area contributed by atoms with Gasteiger partial charge in [0.15, 0.2) is 0 Å². The molecule has 0 bridgehead atoms. The van der Waals surface area contributed by atoms with Crippen molar-refractivity contribution < 1.29 is 0 Å². The lowest BCUT2D eigenvalue weighted by Crippen LogP contribution is -2.10. The molecular formula is C11H20N2S. The molecule has 1 aromatic rings. The third-order valence-corrected chi connectivity index (χ3v) is 3.29. The van der Waals surface area contributed by atoms with E-state index >= 15 is 0 Å². The fraction of sp³-hybridized carbons (Fsp3) is 0.727. The zero-order valence-corrected chi connectivity index (χ0v) is 10.5. The zero-order valence-electron chi connectivity index (χ0n) is 9.72. The van der Waals surface area contributed by atoms with Gasteiger partial charge in [0.1, 0.15) is 0 Å². The molecule has 0 aliphatic rings. The maximum atomic E-state index is 4.45. The monoisotopic (exact) mass is 212 g/mol. The lowest BCUT2D eigenvalue weighted by molar-refractivity contribution is 0.410. The van der Waals surface area contributed by atoms with E-state index in [0.29, 0.717) is 11.5 Å². The van der Waals surface area contributed by atoms with E-state index in [0.717, 1.165) is 6.42 Å². The van der Waals surface area contributed by atoms with Crippen molar-refractivity contribution in [2.24, 2.45) is 5.41 Å². The number of hydrogen-bond donors (Lipinski definition) is 1. The first-order valence-corrected chi connectivity index (χ1v) is 5.86. The van der Waals surface area contributed by atoms with Gasteiger partial charge in [-0.05, 0) is 19.4 Å². The molecule has 80 valence electrons. The van der Waals surface area contributed by atoms with Crippen LogP contribution in [0.25, 0.3) is 0 Å². The van der Waals surface area contributed by atoms with Crippen LogP contribution < -0.4 is 5.32 Å². The lowest BCUT2D eigenvalue weighted by Gasteiger charge is -2.15. The van der Waals surface area contributed by atoms with Gasteiger partial charge in [-0.15, -0.1) is 11.3 Å². The van der Waals surface area contributed by atoms with Gasteiger partial charge >= 0.3 is 0 Å². The third-order valence-electron chi connectivity index (χ3n) is 2.11. The molecule has 0 aromatic carbocycles. The van der Waals surface area contributed by atoms with Crippen molar-refractivity contribution in [2.75, 3.05) is 7.05 Å². The first-order valence-electron chi connectivity index (χ1n) is 5.04. The van der Waals surface area contributed by atoms with Crippen LogP contribution >= 0.6 is 11.3 Å². The van der Waals surface area contributed by atoms with Crippen LogP contribution in [0.15, 0.2) is 6.20 Å². The van der Waals surface area contributed by atoms with Crippen LogP contribution in [-0.4, -0.2) is 12.0 Å². The Labute approximate surface area is 90.8 Å². The summed E-state index contributed by atoms with van der Waals surface area (Å²) in [5.74, 6) is 0. The lowest BCUT2D eigenvalue weighted by atomic mass is 9.93. The Hall–Kier alpha value is -0.410. The Kier molecular flexibility index (Phi) is 3.67. The molecule has 1 aromatic heterocycles. The van der Waals surface area contributed by atoms with Gasteiger partial charge < -0.3 is 5.32 Å². The zero-order chi connectivity index (χ0) is 10.8. The molecule has 0 fully saturated rings. The van der Waals surface area contributed by atoms with E-state index in [1.54, 1.807) is 0 Å². The van der Waals surface area contributed by atoms with Gasteiger partial charge in [-0.25, -0.2) is 4.98 Å². The molecule has 0 saturated carbocycles. The quantitative estimate of drug-likeness (QED) is 0.833. The van der Waals surface area contributed by atoms with E-state index in [9.17, 15) is 0 Å². The Bertz CT molecular complexity index is 286. The summed E-state index contributed by atoms with van der Waals surface area (Å²) >= 11 is 1.82. The minimum atomic E-state index is 0.331. The summed E-state index contributed by atoms with van der Waals surface area (Å²) in [4.78, 5) is 5.77. The smallest absolute Gasteiger partial charge is 0.0933 e. The van der Waals surface area contributed by atoms with E-state index in [-0.39, 0.29) is 0 Å². The minimum Gasteiger partial charge on any atom is -0.312 e. The predicted molar refractivity (Wildman–Crippen MR) is 62.7 cm³/mol. The highest BCUT2D eigenvalue weighted by atomic mass is 32.1. The maximum Gasteiger partial charge on any atom is 0.0933 e. The Morgan fingerprint density at radius 2 is 2.14 bits per heavy atom. The minimum absolute atomic E-state index is 0.331. The standard InChI is InChI=1S/C11H20N2S/c1-8(12-5)9-7-13-10(14-9)6-11(2,3)4/h7-8,12H,6H2,1-5H3. The SMILES string of the molecule is CNC(C)c1cnc(CC(C)(C)C)s1. The molecule has 14 heavy (non-hydrogen) atoms. The summed E-state index contributed by atoms with van der Waals surface area (Å²) in [6.07, 6.45) is 3.06. The second-order valence-corrected chi connectivity index (χ2v) is 6.05. The van der Waals surface area contributed by atoms with E-state index in [4.69, 9.17) is 0 Å². The molecule has 0 aliphatic heterocycles. The number of aromatic nitrogens is 1. The van der Waals surface area contributed by atoms with Crippen molar-refractivity contribution in [3.05, 3.63) is 16.1 Å². The predicted octanol–water partition coefficient (Wildman–Crippen LogP) is 3.01. The van der Waals surface area contributed by atoms with Crippen LogP contribution in [0.3, 0.4) is 0 Å². The molecular weight excluding hydrogens is 192 g/mol. The third kappa shape index (κ3) is 3.39. The second kappa shape index (κ2) is 4.41. The average molecular weight is 212 g/mol. The molecule has 0 spiro atoms. The molecule has 3 heteroatoms. The number of rotatable bonds is 3. The first-order chi connectivity index (χ1) is 6.42. The van der Waals surface area contributed by atoms with Crippen molar-refractivity contribution in [3.8, 4) is 0 Å². The Balaban J connectivity index is 2.69. The van der Waals surface area contributed by atoms with Crippen LogP contribution in [0.5, 0.6) is 0 Å². The molecule has 1 rings (SSSR count). The van der Waals surface area contributed by atoms with E-state index < -0.39 is 0 Å². The number of hydrogen-bond acceptors (Lipinski definition) is 3. The Morgan fingerprint density at radius 1 is 1.50 bits per heavy atom. The molecule has 2 nitrogen and oxygen atoms in total. The summed E-state index contributed by atoms with van der Waals surface area (Å²) in [6, 6.07) is 0.418. The first kappa shape index (κ1) is 11.7. The molecule has 0 radical (unpaired) electrons.